The zero-order valence-corrected chi connectivity index (χ0v) is 17.3. The lowest BCUT2D eigenvalue weighted by Crippen LogP contribution is -2.27. The molecular formula is C23H43NO. The van der Waals surface area contributed by atoms with E-state index in [4.69, 9.17) is 4.74 Å². The number of hydrogen-bond acceptors (Lipinski definition) is 2. The van der Waals surface area contributed by atoms with Gasteiger partial charge in [-0.15, -0.1) is 0 Å². The van der Waals surface area contributed by atoms with Crippen LogP contribution in [0.5, 0.6) is 0 Å². The van der Waals surface area contributed by atoms with E-state index in [0.717, 1.165) is 30.9 Å². The van der Waals surface area contributed by atoms with Crippen molar-refractivity contribution in [3.63, 3.8) is 0 Å². The summed E-state index contributed by atoms with van der Waals surface area (Å²) in [4.78, 5) is 2.25. The lowest BCUT2D eigenvalue weighted by Gasteiger charge is -2.33. The minimum Gasteiger partial charge on any atom is -0.378 e. The maximum Gasteiger partial charge on any atom is 0.0575 e. The molecule has 0 saturated heterocycles. The van der Waals surface area contributed by atoms with Crippen molar-refractivity contribution in [1.29, 1.82) is 0 Å². The standard InChI is InChI=1S/C23H43NO/c1-5-6-7-8-20-11-15-23(16-12-20)25-18-21-9-13-22(14-10-21)19(2)17-24(3)4/h20-23H,2,5-18H2,1,3-4H3. The van der Waals surface area contributed by atoms with Gasteiger partial charge in [-0.25, -0.2) is 0 Å². The normalized spacial score (nSPS) is 30.6. The molecule has 0 amide bonds. The molecular weight excluding hydrogens is 306 g/mol. The van der Waals surface area contributed by atoms with E-state index in [-0.39, 0.29) is 0 Å². The van der Waals surface area contributed by atoms with Gasteiger partial charge in [0.15, 0.2) is 0 Å². The molecule has 2 aliphatic carbocycles. The van der Waals surface area contributed by atoms with Crippen molar-refractivity contribution in [3.8, 4) is 0 Å². The third-order valence-electron chi connectivity index (χ3n) is 6.52. The zero-order valence-electron chi connectivity index (χ0n) is 17.3. The van der Waals surface area contributed by atoms with Crippen molar-refractivity contribution in [2.45, 2.75) is 90.1 Å². The van der Waals surface area contributed by atoms with E-state index >= 15 is 0 Å². The summed E-state index contributed by atoms with van der Waals surface area (Å²) in [6, 6.07) is 0. The summed E-state index contributed by atoms with van der Waals surface area (Å²) >= 11 is 0. The Bertz CT molecular complexity index is 362. The molecule has 0 aromatic heterocycles. The lowest BCUT2D eigenvalue weighted by atomic mass is 9.79. The lowest BCUT2D eigenvalue weighted by molar-refractivity contribution is -0.00941. The van der Waals surface area contributed by atoms with Crippen LogP contribution in [-0.4, -0.2) is 38.3 Å². The summed E-state index contributed by atoms with van der Waals surface area (Å²) in [5.74, 6) is 2.53. The van der Waals surface area contributed by atoms with Crippen molar-refractivity contribution >= 4 is 0 Å². The van der Waals surface area contributed by atoms with E-state index < -0.39 is 0 Å². The van der Waals surface area contributed by atoms with Crippen LogP contribution < -0.4 is 0 Å². The van der Waals surface area contributed by atoms with Gasteiger partial charge in [0, 0.05) is 13.2 Å². The summed E-state index contributed by atoms with van der Waals surface area (Å²) < 4.78 is 6.33. The van der Waals surface area contributed by atoms with Gasteiger partial charge in [0.05, 0.1) is 6.10 Å². The molecule has 0 aromatic rings. The van der Waals surface area contributed by atoms with Crippen LogP contribution in [0, 0.1) is 17.8 Å². The highest BCUT2D eigenvalue weighted by atomic mass is 16.5. The number of rotatable bonds is 10. The van der Waals surface area contributed by atoms with Crippen LogP contribution in [0.3, 0.4) is 0 Å². The molecule has 0 atom stereocenters. The van der Waals surface area contributed by atoms with Gasteiger partial charge in [0.25, 0.3) is 0 Å². The van der Waals surface area contributed by atoms with Gasteiger partial charge < -0.3 is 9.64 Å². The maximum absolute atomic E-state index is 6.33. The summed E-state index contributed by atoms with van der Waals surface area (Å²) in [6.07, 6.45) is 17.0. The molecule has 0 aliphatic heterocycles. The van der Waals surface area contributed by atoms with E-state index in [9.17, 15) is 0 Å². The predicted molar refractivity (Wildman–Crippen MR) is 109 cm³/mol. The van der Waals surface area contributed by atoms with Gasteiger partial charge >= 0.3 is 0 Å². The Morgan fingerprint density at radius 3 is 2.16 bits per heavy atom. The van der Waals surface area contributed by atoms with E-state index in [1.54, 1.807) is 0 Å². The highest BCUT2D eigenvalue weighted by molar-refractivity contribution is 5.04. The highest BCUT2D eigenvalue weighted by Gasteiger charge is 2.26. The minimum atomic E-state index is 0.559. The quantitative estimate of drug-likeness (QED) is 0.351. The average Bonchev–Trinajstić information content (AvgIpc) is 2.61. The first-order valence-corrected chi connectivity index (χ1v) is 11.0. The second-order valence-corrected chi connectivity index (χ2v) is 9.09. The van der Waals surface area contributed by atoms with Crippen molar-refractivity contribution in [2.75, 3.05) is 27.2 Å². The number of hydrogen-bond donors (Lipinski definition) is 0. The second kappa shape index (κ2) is 11.4. The third kappa shape index (κ3) is 7.83. The van der Waals surface area contributed by atoms with Crippen LogP contribution in [0.2, 0.25) is 0 Å². The maximum atomic E-state index is 6.33. The smallest absolute Gasteiger partial charge is 0.0575 e. The number of ether oxygens (including phenoxy) is 1. The summed E-state index contributed by atoms with van der Waals surface area (Å²) in [7, 11) is 4.28. The molecule has 0 spiro atoms. The molecule has 0 radical (unpaired) electrons. The predicted octanol–water partition coefficient (Wildman–Crippen LogP) is 6.07. The molecule has 2 nitrogen and oxygen atoms in total. The Hall–Kier alpha value is -0.340. The van der Waals surface area contributed by atoms with Crippen LogP contribution in [0.15, 0.2) is 12.2 Å². The van der Waals surface area contributed by atoms with Crippen LogP contribution in [0.25, 0.3) is 0 Å². The second-order valence-electron chi connectivity index (χ2n) is 9.09. The Morgan fingerprint density at radius 2 is 1.56 bits per heavy atom. The SMILES string of the molecule is C=C(CN(C)C)C1CCC(COC2CCC(CCCCC)CC2)CC1. The Kier molecular flexibility index (Phi) is 9.55. The Balaban J connectivity index is 1.55. The summed E-state index contributed by atoms with van der Waals surface area (Å²) in [5.41, 5.74) is 1.44. The van der Waals surface area contributed by atoms with Crippen LogP contribution >= 0.6 is 0 Å². The average molecular weight is 350 g/mol. The van der Waals surface area contributed by atoms with Gasteiger partial charge in [0.1, 0.15) is 0 Å². The van der Waals surface area contributed by atoms with Crippen molar-refractivity contribution < 1.29 is 4.74 Å². The highest BCUT2D eigenvalue weighted by Crippen LogP contribution is 2.34. The molecule has 2 fully saturated rings. The molecule has 0 unspecified atom stereocenters. The fraction of sp³-hybridized carbons (Fsp3) is 0.913. The Labute approximate surface area is 157 Å². The molecule has 2 rings (SSSR count). The summed E-state index contributed by atoms with van der Waals surface area (Å²) in [6.45, 7) is 8.69. The molecule has 25 heavy (non-hydrogen) atoms. The fourth-order valence-corrected chi connectivity index (χ4v) is 4.82. The number of nitrogens with zero attached hydrogens (tertiary/aromatic N) is 1. The monoisotopic (exact) mass is 349 g/mol. The first kappa shape index (κ1) is 21.0. The van der Waals surface area contributed by atoms with E-state index in [1.165, 1.54) is 82.6 Å². The summed E-state index contributed by atoms with van der Waals surface area (Å²) in [5, 5.41) is 0. The number of likely N-dealkylation sites (N-methyl/N-ethyl adjacent to an activating group) is 1. The molecule has 0 heterocycles. The van der Waals surface area contributed by atoms with Gasteiger partial charge in [-0.05, 0) is 83.2 Å². The van der Waals surface area contributed by atoms with Gasteiger partial charge in [0.2, 0.25) is 0 Å². The largest absolute Gasteiger partial charge is 0.378 e. The van der Waals surface area contributed by atoms with E-state index in [2.05, 4.69) is 32.5 Å². The zero-order chi connectivity index (χ0) is 18.1. The van der Waals surface area contributed by atoms with Crippen molar-refractivity contribution in [1.82, 2.24) is 4.90 Å². The Morgan fingerprint density at radius 1 is 0.920 bits per heavy atom. The van der Waals surface area contributed by atoms with Crippen LogP contribution in [0.1, 0.15) is 84.0 Å². The molecule has 2 aliphatic rings. The molecule has 146 valence electrons. The van der Waals surface area contributed by atoms with Gasteiger partial charge in [-0.1, -0.05) is 44.8 Å². The molecule has 2 heteroatoms. The van der Waals surface area contributed by atoms with Gasteiger partial charge in [-0.2, -0.15) is 0 Å². The van der Waals surface area contributed by atoms with Gasteiger partial charge in [-0.3, -0.25) is 0 Å². The third-order valence-corrected chi connectivity index (χ3v) is 6.52. The molecule has 0 N–H and O–H groups in total. The molecule has 2 saturated carbocycles. The minimum absolute atomic E-state index is 0.559. The molecule has 0 aromatic carbocycles. The van der Waals surface area contributed by atoms with Crippen LogP contribution in [0.4, 0.5) is 0 Å². The topological polar surface area (TPSA) is 12.5 Å². The van der Waals surface area contributed by atoms with Crippen molar-refractivity contribution in [3.05, 3.63) is 12.2 Å². The number of unbranched alkanes of at least 4 members (excludes halogenated alkanes) is 2. The van der Waals surface area contributed by atoms with Crippen molar-refractivity contribution in [2.24, 2.45) is 17.8 Å². The molecule has 0 bridgehead atoms. The first-order valence-electron chi connectivity index (χ1n) is 11.0. The van der Waals surface area contributed by atoms with E-state index in [1.807, 2.05) is 0 Å². The van der Waals surface area contributed by atoms with Crippen LogP contribution in [-0.2, 0) is 4.74 Å². The first-order chi connectivity index (χ1) is 12.1. The van der Waals surface area contributed by atoms with E-state index in [0.29, 0.717) is 6.10 Å². The fourth-order valence-electron chi connectivity index (χ4n) is 4.82.